The van der Waals surface area contributed by atoms with Crippen molar-refractivity contribution < 1.29 is 24.6 Å². The molecule has 1 aromatic heterocycles. The van der Waals surface area contributed by atoms with Crippen LogP contribution < -0.4 is 5.32 Å². The number of thioether (sulfide) groups is 1. The minimum Gasteiger partial charge on any atom is -0.481 e. The summed E-state index contributed by atoms with van der Waals surface area (Å²) >= 11 is 7.55. The molecule has 1 amide bonds. The van der Waals surface area contributed by atoms with E-state index < -0.39 is 11.9 Å². The minimum absolute atomic E-state index is 0.0471. The number of amides is 1. The second-order valence-electron chi connectivity index (χ2n) is 11.0. The molecular weight excluding hydrogens is 596 g/mol. The molecule has 226 valence electrons. The highest BCUT2D eigenvalue weighted by Crippen LogP contribution is 2.40. The summed E-state index contributed by atoms with van der Waals surface area (Å²) in [6.07, 6.45) is 6.87. The Balaban J connectivity index is 1.34. The van der Waals surface area contributed by atoms with Gasteiger partial charge in [0.05, 0.1) is 35.0 Å². The van der Waals surface area contributed by atoms with Crippen LogP contribution >= 0.6 is 23.4 Å². The van der Waals surface area contributed by atoms with Crippen LogP contribution in [0.1, 0.15) is 64.5 Å². The van der Waals surface area contributed by atoms with Crippen molar-refractivity contribution in [3.63, 3.8) is 0 Å². The van der Waals surface area contributed by atoms with Crippen LogP contribution in [0.15, 0.2) is 78.9 Å². The highest BCUT2D eigenvalue weighted by Gasteiger charge is 2.33. The molecule has 2 unspecified atom stereocenters. The maximum absolute atomic E-state index is 13.2. The number of aliphatic carboxylic acids is 1. The van der Waals surface area contributed by atoms with Gasteiger partial charge in [-0.25, -0.2) is 9.78 Å². The fourth-order valence-electron chi connectivity index (χ4n) is 5.25. The Labute approximate surface area is 265 Å². The summed E-state index contributed by atoms with van der Waals surface area (Å²) in [7, 11) is 0. The van der Waals surface area contributed by atoms with Crippen LogP contribution in [-0.2, 0) is 16.0 Å². The number of carboxylic acids is 2. The van der Waals surface area contributed by atoms with E-state index in [4.69, 9.17) is 11.6 Å². The van der Waals surface area contributed by atoms with E-state index in [1.165, 1.54) is 11.8 Å². The summed E-state index contributed by atoms with van der Waals surface area (Å²) in [6, 6.07) is 23.9. The van der Waals surface area contributed by atoms with Crippen molar-refractivity contribution in [3.8, 4) is 0 Å². The molecule has 0 radical (unpaired) electrons. The molecule has 1 saturated carbocycles. The van der Waals surface area contributed by atoms with Crippen molar-refractivity contribution in [2.24, 2.45) is 5.92 Å². The number of aromatic carboxylic acids is 1. The largest absolute Gasteiger partial charge is 0.481 e. The number of rotatable bonds is 14. The molecule has 1 aliphatic rings. The molecule has 0 bridgehead atoms. The number of fused-ring (bicyclic) bond motifs is 1. The number of halogens is 1. The third kappa shape index (κ3) is 8.71. The van der Waals surface area contributed by atoms with E-state index >= 15 is 0 Å². The lowest BCUT2D eigenvalue weighted by Crippen LogP contribution is -2.31. The quantitative estimate of drug-likeness (QED) is 0.132. The number of nitrogens with zero attached hydrogens (tertiary/aromatic N) is 1. The predicted molar refractivity (Wildman–Crippen MR) is 176 cm³/mol. The van der Waals surface area contributed by atoms with Crippen LogP contribution in [0.3, 0.4) is 0 Å². The lowest BCUT2D eigenvalue weighted by Gasteiger charge is -2.21. The van der Waals surface area contributed by atoms with Gasteiger partial charge < -0.3 is 15.5 Å². The second kappa shape index (κ2) is 14.6. The highest BCUT2D eigenvalue weighted by atomic mass is 35.5. The van der Waals surface area contributed by atoms with Gasteiger partial charge in [0.2, 0.25) is 5.91 Å². The molecule has 9 heteroatoms. The fourth-order valence-corrected chi connectivity index (χ4v) is 6.67. The zero-order chi connectivity index (χ0) is 31.1. The highest BCUT2D eigenvalue weighted by molar-refractivity contribution is 8.00. The molecule has 0 aliphatic heterocycles. The number of carbonyl (C=O) groups is 3. The van der Waals surface area contributed by atoms with Crippen molar-refractivity contribution in [2.45, 2.75) is 43.4 Å². The van der Waals surface area contributed by atoms with Gasteiger partial charge in [0, 0.05) is 15.7 Å². The Kier molecular flexibility index (Phi) is 10.4. The van der Waals surface area contributed by atoms with E-state index in [1.54, 1.807) is 18.2 Å². The first kappa shape index (κ1) is 31.3. The lowest BCUT2D eigenvalue weighted by molar-refractivity contribution is -0.137. The topological polar surface area (TPSA) is 117 Å². The molecule has 4 aromatic rings. The first-order valence-corrected chi connectivity index (χ1v) is 16.0. The van der Waals surface area contributed by atoms with Gasteiger partial charge in [0.1, 0.15) is 0 Å². The van der Waals surface area contributed by atoms with Gasteiger partial charge >= 0.3 is 11.9 Å². The third-order valence-electron chi connectivity index (χ3n) is 7.67. The Morgan fingerprint density at radius 3 is 2.55 bits per heavy atom. The van der Waals surface area contributed by atoms with Crippen LogP contribution in [0.4, 0.5) is 0 Å². The first-order valence-electron chi connectivity index (χ1n) is 14.5. The van der Waals surface area contributed by atoms with Crippen LogP contribution in [0, 0.1) is 5.92 Å². The lowest BCUT2D eigenvalue weighted by atomic mass is 9.95. The molecule has 44 heavy (non-hydrogen) atoms. The molecule has 2 atom stereocenters. The van der Waals surface area contributed by atoms with Crippen molar-refractivity contribution in [2.75, 3.05) is 5.75 Å². The standard InChI is InChI=1S/C35H33ClN2O5S/c36-27-14-11-24-12-16-28(37-31(24)19-27)15-8-22-4-3-6-26(18-22)30(17-13-23-5-1-2-7-29(23)35(42)43)38-33(39)21-44-32(20-34(40)41)25-9-10-25/h1-8,11-12,14-16,18-19,25,30,32H,9-10,13,17,20-21H2,(H,38,39)(H,40,41)(H,42,43)/b15-8+. The molecule has 1 fully saturated rings. The van der Waals surface area contributed by atoms with Crippen LogP contribution in [0.5, 0.6) is 0 Å². The molecule has 1 heterocycles. The monoisotopic (exact) mass is 628 g/mol. The number of carbonyl (C=O) groups excluding carboxylic acids is 1. The molecule has 3 N–H and O–H groups in total. The molecule has 0 saturated heterocycles. The SMILES string of the molecule is O=C(O)CC(SCC(=O)NC(CCc1ccccc1C(=O)O)c1cccc(/C=C/c2ccc3ccc(Cl)cc3n2)c1)C1CC1. The molecule has 5 rings (SSSR count). The number of nitrogens with one attached hydrogen (secondary N) is 1. The van der Waals surface area contributed by atoms with Crippen LogP contribution in [0.25, 0.3) is 23.1 Å². The number of hydrogen-bond donors (Lipinski definition) is 3. The minimum atomic E-state index is -0.987. The fraction of sp³-hybridized carbons (Fsp3) is 0.257. The van der Waals surface area contributed by atoms with Gasteiger partial charge in [-0.1, -0.05) is 66.2 Å². The Morgan fingerprint density at radius 1 is 0.977 bits per heavy atom. The van der Waals surface area contributed by atoms with Gasteiger partial charge in [-0.05, 0) is 84.7 Å². The number of aromatic nitrogens is 1. The zero-order valence-corrected chi connectivity index (χ0v) is 25.6. The maximum atomic E-state index is 13.2. The van der Waals surface area contributed by atoms with Gasteiger partial charge in [-0.3, -0.25) is 9.59 Å². The van der Waals surface area contributed by atoms with Crippen molar-refractivity contribution >= 4 is 64.3 Å². The Hall–Kier alpha value is -4.14. The van der Waals surface area contributed by atoms with Crippen molar-refractivity contribution in [3.05, 3.63) is 112 Å². The van der Waals surface area contributed by atoms with Gasteiger partial charge in [0.15, 0.2) is 0 Å². The molecule has 0 spiro atoms. The average Bonchev–Trinajstić information content (AvgIpc) is 3.86. The predicted octanol–water partition coefficient (Wildman–Crippen LogP) is 7.53. The average molecular weight is 629 g/mol. The zero-order valence-electron chi connectivity index (χ0n) is 24.0. The van der Waals surface area contributed by atoms with Crippen LogP contribution in [0.2, 0.25) is 5.02 Å². The molecular formula is C35H33ClN2O5S. The van der Waals surface area contributed by atoms with Gasteiger partial charge in [-0.15, -0.1) is 11.8 Å². The summed E-state index contributed by atoms with van der Waals surface area (Å²) in [5.74, 6) is -1.50. The van der Waals surface area contributed by atoms with Crippen LogP contribution in [-0.4, -0.2) is 44.0 Å². The number of pyridine rings is 1. The van der Waals surface area contributed by atoms with Gasteiger partial charge in [-0.2, -0.15) is 0 Å². The van der Waals surface area contributed by atoms with Gasteiger partial charge in [0.25, 0.3) is 0 Å². The molecule has 7 nitrogen and oxygen atoms in total. The summed E-state index contributed by atoms with van der Waals surface area (Å²) in [5, 5.41) is 23.6. The number of carboxylic acid groups (broad SMARTS) is 2. The summed E-state index contributed by atoms with van der Waals surface area (Å²) < 4.78 is 0. The van der Waals surface area contributed by atoms with E-state index in [9.17, 15) is 24.6 Å². The van der Waals surface area contributed by atoms with E-state index in [-0.39, 0.29) is 34.9 Å². The number of aryl methyl sites for hydroxylation is 1. The Bertz CT molecular complexity index is 1700. The molecule has 3 aromatic carbocycles. The summed E-state index contributed by atoms with van der Waals surface area (Å²) in [4.78, 5) is 41.0. The van der Waals surface area contributed by atoms with E-state index in [0.717, 1.165) is 40.6 Å². The van der Waals surface area contributed by atoms with E-state index in [0.29, 0.717) is 29.3 Å². The van der Waals surface area contributed by atoms with Crippen molar-refractivity contribution in [1.29, 1.82) is 0 Å². The smallest absolute Gasteiger partial charge is 0.335 e. The normalized spacial score (nSPS) is 14.4. The maximum Gasteiger partial charge on any atom is 0.335 e. The molecule has 1 aliphatic carbocycles. The summed E-state index contributed by atoms with van der Waals surface area (Å²) in [6.45, 7) is 0. The first-order chi connectivity index (χ1) is 21.2. The third-order valence-corrected chi connectivity index (χ3v) is 9.32. The summed E-state index contributed by atoms with van der Waals surface area (Å²) in [5.41, 5.74) is 4.34. The second-order valence-corrected chi connectivity index (χ2v) is 12.6. The van der Waals surface area contributed by atoms with Crippen molar-refractivity contribution in [1.82, 2.24) is 10.3 Å². The van der Waals surface area contributed by atoms with E-state index in [1.807, 2.05) is 72.8 Å². The number of hydrogen-bond acceptors (Lipinski definition) is 5. The number of benzene rings is 3. The Morgan fingerprint density at radius 2 is 1.77 bits per heavy atom. The van der Waals surface area contributed by atoms with E-state index in [2.05, 4.69) is 10.3 Å².